The maximum Gasteiger partial charge on any atom is 0.263 e. The van der Waals surface area contributed by atoms with Gasteiger partial charge in [-0.1, -0.05) is 42.3 Å². The van der Waals surface area contributed by atoms with Gasteiger partial charge in [0, 0.05) is 11.6 Å². The Morgan fingerprint density at radius 1 is 1.21 bits per heavy atom. The smallest absolute Gasteiger partial charge is 0.263 e. The van der Waals surface area contributed by atoms with Crippen LogP contribution in [0, 0.1) is 5.92 Å². The Labute approximate surface area is 150 Å². The molecule has 2 aromatic rings. The zero-order valence-electron chi connectivity index (χ0n) is 12.6. The molecule has 126 valence electrons. The molecule has 8 heteroatoms. The van der Waals surface area contributed by atoms with Gasteiger partial charge in [0.15, 0.2) is 0 Å². The SMILES string of the molecule is CC1Cc2ccc(NS(=O)(=O)c3cccc(Cl)c3Cl)cc2NC1=O. The van der Waals surface area contributed by atoms with Gasteiger partial charge in [-0.15, -0.1) is 0 Å². The minimum Gasteiger partial charge on any atom is -0.326 e. The standard InChI is InChI=1S/C16H14Cl2N2O3S/c1-9-7-10-5-6-11(8-13(10)19-16(9)21)20-24(22,23)14-4-2-3-12(17)15(14)18/h2-6,8-9,20H,7H2,1H3,(H,19,21). The van der Waals surface area contributed by atoms with Gasteiger partial charge in [-0.05, 0) is 36.2 Å². The topological polar surface area (TPSA) is 75.3 Å². The number of carbonyl (C=O) groups is 1. The molecule has 5 nitrogen and oxygen atoms in total. The molecule has 3 rings (SSSR count). The van der Waals surface area contributed by atoms with Crippen LogP contribution in [0.4, 0.5) is 11.4 Å². The first-order chi connectivity index (χ1) is 11.3. The van der Waals surface area contributed by atoms with Gasteiger partial charge in [-0.25, -0.2) is 8.42 Å². The van der Waals surface area contributed by atoms with E-state index >= 15 is 0 Å². The van der Waals surface area contributed by atoms with Crippen LogP contribution in [0.2, 0.25) is 10.0 Å². The summed E-state index contributed by atoms with van der Waals surface area (Å²) in [5, 5.41) is 2.90. The Kier molecular flexibility index (Phi) is 4.46. The van der Waals surface area contributed by atoms with Crippen LogP contribution in [-0.2, 0) is 21.2 Å². The lowest BCUT2D eigenvalue weighted by molar-refractivity contribution is -0.119. The number of hydrogen-bond donors (Lipinski definition) is 2. The van der Waals surface area contributed by atoms with Crippen molar-refractivity contribution in [3.63, 3.8) is 0 Å². The minimum atomic E-state index is -3.90. The van der Waals surface area contributed by atoms with Gasteiger partial charge in [-0.2, -0.15) is 0 Å². The quantitative estimate of drug-likeness (QED) is 0.841. The van der Waals surface area contributed by atoms with Crippen molar-refractivity contribution in [3.05, 3.63) is 52.0 Å². The number of rotatable bonds is 3. The predicted molar refractivity (Wildman–Crippen MR) is 95.2 cm³/mol. The molecule has 1 atom stereocenters. The molecule has 1 aliphatic rings. The fraction of sp³-hybridized carbons (Fsp3) is 0.188. The van der Waals surface area contributed by atoms with Gasteiger partial charge in [0.05, 0.1) is 15.7 Å². The van der Waals surface area contributed by atoms with Crippen molar-refractivity contribution in [1.82, 2.24) is 0 Å². The molecule has 0 saturated heterocycles. The van der Waals surface area contributed by atoms with E-state index in [4.69, 9.17) is 23.2 Å². The Balaban J connectivity index is 1.93. The second-order valence-corrected chi connectivity index (χ2v) is 8.06. The van der Waals surface area contributed by atoms with E-state index in [1.165, 1.54) is 18.2 Å². The van der Waals surface area contributed by atoms with Gasteiger partial charge >= 0.3 is 0 Å². The summed E-state index contributed by atoms with van der Waals surface area (Å²) >= 11 is 11.9. The third-order valence-corrected chi connectivity index (χ3v) is 6.15. The summed E-state index contributed by atoms with van der Waals surface area (Å²) in [4.78, 5) is 11.7. The third-order valence-electron chi connectivity index (χ3n) is 3.80. The van der Waals surface area contributed by atoms with Gasteiger partial charge < -0.3 is 5.32 Å². The van der Waals surface area contributed by atoms with Gasteiger partial charge in [-0.3, -0.25) is 9.52 Å². The zero-order valence-corrected chi connectivity index (χ0v) is 15.0. The van der Waals surface area contributed by atoms with Crippen LogP contribution in [0.15, 0.2) is 41.3 Å². The maximum atomic E-state index is 12.5. The Morgan fingerprint density at radius 2 is 1.96 bits per heavy atom. The van der Waals surface area contributed by atoms with Crippen LogP contribution in [0.1, 0.15) is 12.5 Å². The fourth-order valence-corrected chi connectivity index (χ4v) is 4.33. The van der Waals surface area contributed by atoms with E-state index in [1.54, 1.807) is 18.2 Å². The molecule has 1 aliphatic heterocycles. The number of benzene rings is 2. The predicted octanol–water partition coefficient (Wildman–Crippen LogP) is 3.92. The van der Waals surface area contributed by atoms with Gasteiger partial charge in [0.25, 0.3) is 10.0 Å². The summed E-state index contributed by atoms with van der Waals surface area (Å²) < 4.78 is 27.5. The van der Waals surface area contributed by atoms with Crippen molar-refractivity contribution in [2.24, 2.45) is 5.92 Å². The summed E-state index contributed by atoms with van der Waals surface area (Å²) in [7, 11) is -3.90. The Bertz CT molecular complexity index is 929. The Morgan fingerprint density at radius 3 is 2.71 bits per heavy atom. The van der Waals surface area contributed by atoms with Crippen molar-refractivity contribution < 1.29 is 13.2 Å². The van der Waals surface area contributed by atoms with Crippen molar-refractivity contribution in [1.29, 1.82) is 0 Å². The highest BCUT2D eigenvalue weighted by atomic mass is 35.5. The summed E-state index contributed by atoms with van der Waals surface area (Å²) in [6, 6.07) is 9.44. The molecule has 0 radical (unpaired) electrons. The molecule has 0 aliphatic carbocycles. The van der Waals surface area contributed by atoms with Crippen molar-refractivity contribution in [2.75, 3.05) is 10.0 Å². The number of carbonyl (C=O) groups excluding carboxylic acids is 1. The van der Waals surface area contributed by atoms with E-state index in [-0.39, 0.29) is 26.8 Å². The van der Waals surface area contributed by atoms with E-state index < -0.39 is 10.0 Å². The van der Waals surface area contributed by atoms with Crippen LogP contribution in [0.25, 0.3) is 0 Å². The van der Waals surface area contributed by atoms with E-state index in [0.29, 0.717) is 17.8 Å². The Hall–Kier alpha value is -1.76. The van der Waals surface area contributed by atoms with Gasteiger partial charge in [0.2, 0.25) is 5.91 Å². The highest BCUT2D eigenvalue weighted by Crippen LogP contribution is 2.32. The van der Waals surface area contributed by atoms with E-state index in [0.717, 1.165) is 5.56 Å². The summed E-state index contributed by atoms with van der Waals surface area (Å²) in [6.07, 6.45) is 0.619. The lowest BCUT2D eigenvalue weighted by atomic mass is 9.94. The monoisotopic (exact) mass is 384 g/mol. The number of halogens is 2. The molecule has 24 heavy (non-hydrogen) atoms. The first kappa shape index (κ1) is 17.1. The van der Waals surface area contributed by atoms with Crippen LogP contribution < -0.4 is 10.0 Å². The molecule has 1 unspecified atom stereocenters. The highest BCUT2D eigenvalue weighted by molar-refractivity contribution is 7.92. The van der Waals surface area contributed by atoms with Gasteiger partial charge in [0.1, 0.15) is 4.90 Å². The highest BCUT2D eigenvalue weighted by Gasteiger charge is 2.24. The molecule has 0 aromatic heterocycles. The second kappa shape index (κ2) is 6.27. The molecule has 2 aromatic carbocycles. The van der Waals surface area contributed by atoms with E-state index in [2.05, 4.69) is 10.0 Å². The van der Waals surface area contributed by atoms with Crippen LogP contribution >= 0.6 is 23.2 Å². The number of nitrogens with one attached hydrogen (secondary N) is 2. The second-order valence-electron chi connectivity index (χ2n) is 5.62. The van der Waals surface area contributed by atoms with E-state index in [9.17, 15) is 13.2 Å². The third kappa shape index (κ3) is 3.22. The molecule has 0 saturated carbocycles. The van der Waals surface area contributed by atoms with Crippen molar-refractivity contribution in [3.8, 4) is 0 Å². The lowest BCUT2D eigenvalue weighted by Gasteiger charge is -2.22. The minimum absolute atomic E-state index is 0.0354. The average Bonchev–Trinajstić information content (AvgIpc) is 2.51. The number of fused-ring (bicyclic) bond motifs is 1. The molecular weight excluding hydrogens is 371 g/mol. The molecule has 0 spiro atoms. The number of sulfonamides is 1. The molecule has 0 fully saturated rings. The lowest BCUT2D eigenvalue weighted by Crippen LogP contribution is -2.27. The number of hydrogen-bond acceptors (Lipinski definition) is 3. The maximum absolute atomic E-state index is 12.5. The zero-order chi connectivity index (χ0) is 17.5. The molecule has 1 heterocycles. The normalized spacial score (nSPS) is 17.1. The summed E-state index contributed by atoms with van der Waals surface area (Å²) in [5.41, 5.74) is 1.90. The molecule has 0 bridgehead atoms. The first-order valence-electron chi connectivity index (χ1n) is 7.18. The van der Waals surface area contributed by atoms with Crippen LogP contribution in [-0.4, -0.2) is 14.3 Å². The number of amides is 1. The molecular formula is C16H14Cl2N2O3S. The molecule has 2 N–H and O–H groups in total. The largest absolute Gasteiger partial charge is 0.326 e. The van der Waals surface area contributed by atoms with Crippen molar-refractivity contribution in [2.45, 2.75) is 18.2 Å². The summed E-state index contributed by atoms with van der Waals surface area (Å²) in [5.74, 6) is -0.189. The fourth-order valence-electron chi connectivity index (χ4n) is 2.51. The average molecular weight is 385 g/mol. The van der Waals surface area contributed by atoms with Crippen molar-refractivity contribution >= 4 is 50.5 Å². The molecule has 1 amide bonds. The van der Waals surface area contributed by atoms with Crippen LogP contribution in [0.3, 0.4) is 0 Å². The number of anilines is 2. The first-order valence-corrected chi connectivity index (χ1v) is 9.42. The van der Waals surface area contributed by atoms with E-state index in [1.807, 2.05) is 6.92 Å². The summed E-state index contributed by atoms with van der Waals surface area (Å²) in [6.45, 7) is 1.84. The van der Waals surface area contributed by atoms with Crippen LogP contribution in [0.5, 0.6) is 0 Å².